The highest BCUT2D eigenvalue weighted by Crippen LogP contribution is 2.32. The molecule has 102 valence electrons. The van der Waals surface area contributed by atoms with Gasteiger partial charge in [-0.3, -0.25) is 4.98 Å². The fraction of sp³-hybridized carbons (Fsp3) is 0.643. The molecule has 0 radical (unpaired) electrons. The molecule has 0 N–H and O–H groups in total. The van der Waals surface area contributed by atoms with Crippen LogP contribution in [0.2, 0.25) is 5.02 Å². The van der Waals surface area contributed by atoms with Crippen molar-refractivity contribution in [2.24, 2.45) is 5.41 Å². The third-order valence-electron chi connectivity index (χ3n) is 3.12. The van der Waals surface area contributed by atoms with Crippen LogP contribution in [0, 0.1) is 5.41 Å². The fourth-order valence-electron chi connectivity index (χ4n) is 2.24. The van der Waals surface area contributed by atoms with Gasteiger partial charge >= 0.3 is 0 Å². The van der Waals surface area contributed by atoms with Crippen LogP contribution in [0.3, 0.4) is 0 Å². The van der Waals surface area contributed by atoms with Crippen molar-refractivity contribution >= 4 is 24.2 Å². The van der Waals surface area contributed by atoms with Crippen molar-refractivity contribution in [2.75, 3.05) is 12.4 Å². The second-order valence-electron chi connectivity index (χ2n) is 4.79. The highest BCUT2D eigenvalue weighted by molar-refractivity contribution is 7.80. The van der Waals surface area contributed by atoms with Crippen LogP contribution in [-0.4, -0.2) is 17.3 Å². The Bertz CT molecular complexity index is 353. The van der Waals surface area contributed by atoms with Gasteiger partial charge in [0.25, 0.3) is 0 Å². The van der Waals surface area contributed by atoms with Gasteiger partial charge in [0.15, 0.2) is 0 Å². The van der Waals surface area contributed by atoms with E-state index in [1.165, 1.54) is 0 Å². The van der Waals surface area contributed by atoms with Crippen LogP contribution >= 0.6 is 24.2 Å². The Morgan fingerprint density at radius 1 is 1.28 bits per heavy atom. The maximum Gasteiger partial charge on any atom is 0.139 e. The van der Waals surface area contributed by atoms with E-state index < -0.39 is 0 Å². The number of halogens is 1. The zero-order valence-electron chi connectivity index (χ0n) is 11.2. The van der Waals surface area contributed by atoms with Gasteiger partial charge in [0.2, 0.25) is 0 Å². The third-order valence-corrected chi connectivity index (χ3v) is 4.00. The predicted octanol–water partition coefficient (Wildman–Crippen LogP) is 4.63. The van der Waals surface area contributed by atoms with Crippen molar-refractivity contribution in [1.82, 2.24) is 4.98 Å². The van der Waals surface area contributed by atoms with Gasteiger partial charge in [-0.2, -0.15) is 12.6 Å². The van der Waals surface area contributed by atoms with E-state index in [1.807, 2.05) is 0 Å². The van der Waals surface area contributed by atoms with Gasteiger partial charge in [-0.1, -0.05) is 38.3 Å². The summed E-state index contributed by atoms with van der Waals surface area (Å²) in [5.74, 6) is 1.59. The van der Waals surface area contributed by atoms with Crippen LogP contribution in [-0.2, 0) is 0 Å². The molecule has 0 saturated carbocycles. The highest BCUT2D eigenvalue weighted by atomic mass is 35.5. The molecule has 0 aromatic carbocycles. The van der Waals surface area contributed by atoms with Crippen molar-refractivity contribution in [3.63, 3.8) is 0 Å². The van der Waals surface area contributed by atoms with Crippen molar-refractivity contribution < 1.29 is 4.74 Å². The Kier molecular flexibility index (Phi) is 6.87. The summed E-state index contributed by atoms with van der Waals surface area (Å²) >= 11 is 10.4. The summed E-state index contributed by atoms with van der Waals surface area (Å²) in [6.07, 6.45) is 7.89. The second kappa shape index (κ2) is 7.90. The molecule has 1 aromatic rings. The Morgan fingerprint density at radius 2 is 1.94 bits per heavy atom. The summed E-state index contributed by atoms with van der Waals surface area (Å²) in [6.45, 7) is 5.09. The first-order valence-electron chi connectivity index (χ1n) is 6.50. The minimum Gasteiger partial charge on any atom is -0.491 e. The minimum absolute atomic E-state index is 0.162. The number of nitrogens with zero attached hydrogens (tertiary/aromatic N) is 1. The molecule has 0 bridgehead atoms. The molecular weight excluding hydrogens is 266 g/mol. The zero-order chi connectivity index (χ0) is 13.4. The van der Waals surface area contributed by atoms with Crippen LogP contribution in [0.15, 0.2) is 18.5 Å². The van der Waals surface area contributed by atoms with Gasteiger partial charge in [-0.25, -0.2) is 0 Å². The van der Waals surface area contributed by atoms with Crippen molar-refractivity contribution in [2.45, 2.75) is 39.5 Å². The molecule has 4 heteroatoms. The van der Waals surface area contributed by atoms with Crippen molar-refractivity contribution in [1.29, 1.82) is 0 Å². The molecule has 2 nitrogen and oxygen atoms in total. The predicted molar refractivity (Wildman–Crippen MR) is 80.8 cm³/mol. The standard InChI is InChI=1S/C14H22ClNOS/c1-3-5-14(11-18,6-4-2)10-17-13-7-12(15)8-16-9-13/h7-9,18H,3-6,10-11H2,1-2H3. The molecule has 0 unspecified atom stereocenters. The minimum atomic E-state index is 0.162. The van der Waals surface area contributed by atoms with E-state index in [9.17, 15) is 0 Å². The zero-order valence-corrected chi connectivity index (χ0v) is 12.8. The molecule has 18 heavy (non-hydrogen) atoms. The molecule has 0 spiro atoms. The molecule has 0 saturated heterocycles. The summed E-state index contributed by atoms with van der Waals surface area (Å²) < 4.78 is 5.85. The molecule has 1 heterocycles. The largest absolute Gasteiger partial charge is 0.491 e. The van der Waals surface area contributed by atoms with Crippen molar-refractivity contribution in [3.8, 4) is 5.75 Å². The topological polar surface area (TPSA) is 22.1 Å². The van der Waals surface area contributed by atoms with Crippen LogP contribution in [0.4, 0.5) is 0 Å². The quantitative estimate of drug-likeness (QED) is 0.704. The number of thiol groups is 1. The smallest absolute Gasteiger partial charge is 0.139 e. The summed E-state index contributed by atoms with van der Waals surface area (Å²) in [7, 11) is 0. The molecule has 0 aliphatic carbocycles. The van der Waals surface area contributed by atoms with E-state index in [0.717, 1.165) is 37.2 Å². The maximum atomic E-state index is 5.89. The third kappa shape index (κ3) is 4.69. The van der Waals surface area contributed by atoms with E-state index in [2.05, 4.69) is 31.5 Å². The molecule has 0 fully saturated rings. The van der Waals surface area contributed by atoms with Crippen LogP contribution in [0.25, 0.3) is 0 Å². The number of pyridine rings is 1. The van der Waals surface area contributed by atoms with Gasteiger partial charge in [0.05, 0.1) is 17.8 Å². The number of ether oxygens (including phenoxy) is 1. The molecule has 1 rings (SSSR count). The number of hydrogen-bond donors (Lipinski definition) is 1. The summed E-state index contributed by atoms with van der Waals surface area (Å²) in [5.41, 5.74) is 0.162. The second-order valence-corrected chi connectivity index (χ2v) is 5.54. The van der Waals surface area contributed by atoms with Crippen molar-refractivity contribution in [3.05, 3.63) is 23.5 Å². The molecule has 0 amide bonds. The molecule has 0 aliphatic heterocycles. The van der Waals surface area contributed by atoms with E-state index in [-0.39, 0.29) is 5.41 Å². The summed E-state index contributed by atoms with van der Waals surface area (Å²) in [6, 6.07) is 1.80. The SMILES string of the molecule is CCCC(CS)(CCC)COc1cncc(Cl)c1. The first-order valence-corrected chi connectivity index (χ1v) is 7.51. The average molecular weight is 288 g/mol. The molecule has 0 atom stereocenters. The molecule has 1 aromatic heterocycles. The lowest BCUT2D eigenvalue weighted by Crippen LogP contribution is -2.30. The van der Waals surface area contributed by atoms with Gasteiger partial charge in [-0.05, 0) is 18.6 Å². The van der Waals surface area contributed by atoms with E-state index in [4.69, 9.17) is 16.3 Å². The van der Waals surface area contributed by atoms with Gasteiger partial charge in [0.1, 0.15) is 5.75 Å². The monoisotopic (exact) mass is 287 g/mol. The first-order chi connectivity index (χ1) is 8.65. The Balaban J connectivity index is 2.66. The Hall–Kier alpha value is -0.410. The number of aromatic nitrogens is 1. The maximum absolute atomic E-state index is 5.89. The Labute approximate surface area is 121 Å². The first kappa shape index (κ1) is 15.6. The number of hydrogen-bond acceptors (Lipinski definition) is 3. The van der Waals surface area contributed by atoms with Crippen LogP contribution in [0.5, 0.6) is 5.75 Å². The lowest BCUT2D eigenvalue weighted by molar-refractivity contribution is 0.143. The summed E-state index contributed by atoms with van der Waals surface area (Å²) in [5, 5.41) is 0.606. The number of rotatable bonds is 8. The highest BCUT2D eigenvalue weighted by Gasteiger charge is 2.27. The van der Waals surface area contributed by atoms with E-state index in [1.54, 1.807) is 18.5 Å². The van der Waals surface area contributed by atoms with E-state index in [0.29, 0.717) is 11.6 Å². The molecule has 0 aliphatic rings. The summed E-state index contributed by atoms with van der Waals surface area (Å²) in [4.78, 5) is 4.03. The van der Waals surface area contributed by atoms with Gasteiger partial charge in [-0.15, -0.1) is 0 Å². The average Bonchev–Trinajstić information content (AvgIpc) is 2.37. The van der Waals surface area contributed by atoms with E-state index >= 15 is 0 Å². The van der Waals surface area contributed by atoms with Crippen LogP contribution in [0.1, 0.15) is 39.5 Å². The van der Waals surface area contributed by atoms with Gasteiger partial charge in [0, 0.05) is 17.7 Å². The lowest BCUT2D eigenvalue weighted by Gasteiger charge is -2.31. The normalized spacial score (nSPS) is 11.6. The Morgan fingerprint density at radius 3 is 2.44 bits per heavy atom. The van der Waals surface area contributed by atoms with Gasteiger partial charge < -0.3 is 4.74 Å². The molecular formula is C14H22ClNOS. The fourth-order valence-corrected chi connectivity index (χ4v) is 2.81. The van der Waals surface area contributed by atoms with Crippen LogP contribution < -0.4 is 4.74 Å². The lowest BCUT2D eigenvalue weighted by atomic mass is 9.82.